The molecule has 0 aliphatic heterocycles. The van der Waals surface area contributed by atoms with Gasteiger partial charge in [0.25, 0.3) is 0 Å². The van der Waals surface area contributed by atoms with E-state index in [0.717, 1.165) is 31.5 Å². The Bertz CT molecular complexity index is 1020. The molecule has 0 radical (unpaired) electrons. The largest absolute Gasteiger partial charge is 0.466 e. The topological polar surface area (TPSA) is 86.8 Å². The van der Waals surface area contributed by atoms with Crippen LogP contribution in [0.3, 0.4) is 0 Å². The minimum atomic E-state index is -0.529. The van der Waals surface area contributed by atoms with Gasteiger partial charge in [-0.2, -0.15) is 5.10 Å². The summed E-state index contributed by atoms with van der Waals surface area (Å²) in [5.74, 6) is 1.56. The van der Waals surface area contributed by atoms with Crippen molar-refractivity contribution in [3.8, 4) is 5.75 Å². The fourth-order valence-corrected chi connectivity index (χ4v) is 5.00. The van der Waals surface area contributed by atoms with Crippen molar-refractivity contribution in [1.82, 2.24) is 39.9 Å². The van der Waals surface area contributed by atoms with Gasteiger partial charge in [0.1, 0.15) is 24.4 Å². The smallest absolute Gasteiger partial charge is 0.215 e. The van der Waals surface area contributed by atoms with Crippen LogP contribution in [0.4, 0.5) is 0 Å². The van der Waals surface area contributed by atoms with Crippen LogP contribution in [0.25, 0.3) is 0 Å². The highest BCUT2D eigenvalue weighted by atomic mass is 35.5. The summed E-state index contributed by atoms with van der Waals surface area (Å²) >= 11 is 6.10. The molecule has 1 saturated carbocycles. The zero-order chi connectivity index (χ0) is 23.6. The van der Waals surface area contributed by atoms with E-state index in [1.165, 1.54) is 12.7 Å². The minimum absolute atomic E-state index is 0.224. The molecule has 0 saturated heterocycles. The van der Waals surface area contributed by atoms with Gasteiger partial charge in [0.15, 0.2) is 5.82 Å². The van der Waals surface area contributed by atoms with Gasteiger partial charge in [-0.25, -0.2) is 14.3 Å². The molecule has 178 valence electrons. The van der Waals surface area contributed by atoms with Gasteiger partial charge in [-0.15, -0.1) is 5.10 Å². The van der Waals surface area contributed by atoms with Crippen LogP contribution in [0.15, 0.2) is 36.9 Å². The van der Waals surface area contributed by atoms with Gasteiger partial charge in [-0.05, 0) is 67.0 Å². The van der Waals surface area contributed by atoms with Gasteiger partial charge < -0.3 is 4.74 Å². The number of tetrazole rings is 1. The molecule has 9 nitrogen and oxygen atoms in total. The predicted octanol–water partition coefficient (Wildman–Crippen LogP) is 4.50. The molecule has 1 aromatic carbocycles. The molecular formula is C23H33ClN8O. The van der Waals surface area contributed by atoms with E-state index in [4.69, 9.17) is 16.3 Å². The lowest BCUT2D eigenvalue weighted by atomic mass is 9.79. The lowest BCUT2D eigenvalue weighted by Gasteiger charge is -2.44. The zero-order valence-corrected chi connectivity index (χ0v) is 20.8. The number of rotatable bonds is 7. The van der Waals surface area contributed by atoms with Crippen LogP contribution < -0.4 is 4.74 Å². The highest BCUT2D eigenvalue weighted by molar-refractivity contribution is 6.30. The first-order chi connectivity index (χ1) is 15.7. The Kier molecular flexibility index (Phi) is 6.72. The summed E-state index contributed by atoms with van der Waals surface area (Å²) < 4.78 is 10.2. The molecule has 0 amide bonds. The number of aromatic nitrogens is 7. The first-order valence-corrected chi connectivity index (χ1v) is 11.8. The molecule has 1 aliphatic carbocycles. The first-order valence-electron chi connectivity index (χ1n) is 11.4. The Morgan fingerprint density at radius 1 is 1.09 bits per heavy atom. The van der Waals surface area contributed by atoms with Crippen LogP contribution >= 0.6 is 11.6 Å². The number of hydrogen-bond acceptors (Lipinski definition) is 7. The SMILES string of the molecule is CN(C)C1(c2nnnn2[C@@H]([C@H](Oc2ccc(Cl)cc2)n2cncn2)C(C)(C)C)CCCCC1. The van der Waals surface area contributed by atoms with E-state index in [9.17, 15) is 0 Å². The van der Waals surface area contributed by atoms with Crippen LogP contribution in [0.2, 0.25) is 5.02 Å². The van der Waals surface area contributed by atoms with E-state index in [-0.39, 0.29) is 17.0 Å². The van der Waals surface area contributed by atoms with E-state index in [0.29, 0.717) is 10.8 Å². The van der Waals surface area contributed by atoms with Crippen LogP contribution in [0.1, 0.15) is 71.0 Å². The fraction of sp³-hybridized carbons (Fsp3) is 0.609. The van der Waals surface area contributed by atoms with Crippen molar-refractivity contribution in [3.63, 3.8) is 0 Å². The van der Waals surface area contributed by atoms with Gasteiger partial charge in [0, 0.05) is 5.02 Å². The number of benzene rings is 1. The van der Waals surface area contributed by atoms with Crippen molar-refractivity contribution in [1.29, 1.82) is 0 Å². The number of halogens is 1. The maximum atomic E-state index is 6.53. The zero-order valence-electron chi connectivity index (χ0n) is 20.0. The lowest BCUT2D eigenvalue weighted by molar-refractivity contribution is -0.00904. The standard InChI is InChI=1S/C23H33ClN8O/c1-22(2,3)19(20(31-16-25-15-26-31)33-18-11-9-17(24)10-12-18)32-21(27-28-29-32)23(30(4)5)13-7-6-8-14-23/h9-12,15-16,19-20H,6-8,13-14H2,1-5H3/t19-,20-/m0/s1. The third-order valence-electron chi connectivity index (χ3n) is 6.63. The quantitative estimate of drug-likeness (QED) is 0.500. The van der Waals surface area contributed by atoms with E-state index >= 15 is 0 Å². The monoisotopic (exact) mass is 472 g/mol. The molecule has 2 atom stereocenters. The summed E-state index contributed by atoms with van der Waals surface area (Å²) in [5.41, 5.74) is -0.492. The highest BCUT2D eigenvalue weighted by Crippen LogP contribution is 2.45. The van der Waals surface area contributed by atoms with Gasteiger partial charge in [-0.1, -0.05) is 51.6 Å². The van der Waals surface area contributed by atoms with Gasteiger partial charge in [0.2, 0.25) is 6.23 Å². The van der Waals surface area contributed by atoms with Gasteiger partial charge in [0.05, 0.1) is 5.54 Å². The average Bonchev–Trinajstić information content (AvgIpc) is 3.47. The summed E-state index contributed by atoms with van der Waals surface area (Å²) in [6, 6.07) is 7.07. The molecule has 1 aliphatic rings. The van der Waals surface area contributed by atoms with E-state index in [2.05, 4.69) is 65.4 Å². The molecule has 33 heavy (non-hydrogen) atoms. The number of ether oxygens (including phenoxy) is 1. The van der Waals surface area contributed by atoms with Crippen molar-refractivity contribution in [2.24, 2.45) is 5.41 Å². The van der Waals surface area contributed by atoms with Crippen LogP contribution in [0.5, 0.6) is 5.75 Å². The summed E-state index contributed by atoms with van der Waals surface area (Å²) in [5, 5.41) is 18.4. The second-order valence-electron chi connectivity index (χ2n) is 10.1. The summed E-state index contributed by atoms with van der Waals surface area (Å²) in [7, 11) is 4.24. The lowest BCUT2D eigenvalue weighted by Crippen LogP contribution is -2.47. The van der Waals surface area contributed by atoms with E-state index < -0.39 is 6.23 Å². The molecule has 1 fully saturated rings. The molecule has 10 heteroatoms. The van der Waals surface area contributed by atoms with E-state index in [1.807, 2.05) is 28.9 Å². The maximum Gasteiger partial charge on any atom is 0.215 e. The Labute approximate surface area is 200 Å². The Balaban J connectivity index is 1.83. The predicted molar refractivity (Wildman–Crippen MR) is 126 cm³/mol. The molecular weight excluding hydrogens is 440 g/mol. The molecule has 2 heterocycles. The van der Waals surface area contributed by atoms with Crippen molar-refractivity contribution in [2.45, 2.75) is 70.7 Å². The van der Waals surface area contributed by atoms with Crippen molar-refractivity contribution in [2.75, 3.05) is 14.1 Å². The first kappa shape index (κ1) is 23.6. The Morgan fingerprint density at radius 3 is 2.36 bits per heavy atom. The van der Waals surface area contributed by atoms with Crippen molar-refractivity contribution < 1.29 is 4.74 Å². The van der Waals surface area contributed by atoms with Gasteiger partial charge in [-0.3, -0.25) is 4.90 Å². The number of nitrogens with zero attached hydrogens (tertiary/aromatic N) is 8. The summed E-state index contributed by atoms with van der Waals surface area (Å²) in [6.45, 7) is 6.50. The van der Waals surface area contributed by atoms with Crippen molar-refractivity contribution >= 4 is 11.6 Å². The van der Waals surface area contributed by atoms with Crippen molar-refractivity contribution in [3.05, 3.63) is 47.8 Å². The number of hydrogen-bond donors (Lipinski definition) is 0. The summed E-state index contributed by atoms with van der Waals surface area (Å²) in [6.07, 6.45) is 8.23. The van der Waals surface area contributed by atoms with Gasteiger partial charge >= 0.3 is 0 Å². The Morgan fingerprint density at radius 2 is 1.79 bits per heavy atom. The molecule has 2 aromatic heterocycles. The Hall–Kier alpha value is -2.52. The molecule has 4 rings (SSSR count). The molecule has 0 unspecified atom stereocenters. The van der Waals surface area contributed by atoms with Crippen LogP contribution in [-0.2, 0) is 5.54 Å². The van der Waals surface area contributed by atoms with Crippen LogP contribution in [-0.4, -0.2) is 54.0 Å². The third kappa shape index (κ3) is 4.75. The molecule has 0 bridgehead atoms. The molecule has 0 N–H and O–H groups in total. The second-order valence-corrected chi connectivity index (χ2v) is 10.5. The molecule has 0 spiro atoms. The minimum Gasteiger partial charge on any atom is -0.466 e. The van der Waals surface area contributed by atoms with Crippen LogP contribution in [0, 0.1) is 5.41 Å². The highest BCUT2D eigenvalue weighted by Gasteiger charge is 2.46. The fourth-order valence-electron chi connectivity index (χ4n) is 4.87. The normalized spacial score (nSPS) is 18.3. The third-order valence-corrected chi connectivity index (χ3v) is 6.89. The second kappa shape index (κ2) is 9.38. The maximum absolute atomic E-state index is 6.53. The average molecular weight is 473 g/mol. The molecule has 3 aromatic rings. The van der Waals surface area contributed by atoms with E-state index in [1.54, 1.807) is 11.0 Å². The summed E-state index contributed by atoms with van der Waals surface area (Å²) in [4.78, 5) is 6.46.